The van der Waals surface area contributed by atoms with E-state index in [1.807, 2.05) is 6.92 Å². The number of likely N-dealkylation sites (tertiary alicyclic amines) is 2. The van der Waals surface area contributed by atoms with Gasteiger partial charge in [-0.15, -0.1) is 0 Å². The molecule has 1 aromatic rings. The summed E-state index contributed by atoms with van der Waals surface area (Å²) in [5, 5.41) is 9.51. The SMILES string of the molecule is Cc1cc(F)ccc1C1C(CN2CCCC2)CCN1C(=O)O. The highest BCUT2D eigenvalue weighted by molar-refractivity contribution is 5.66. The van der Waals surface area contributed by atoms with Crippen LogP contribution < -0.4 is 0 Å². The van der Waals surface area contributed by atoms with Crippen LogP contribution in [0, 0.1) is 18.7 Å². The van der Waals surface area contributed by atoms with Gasteiger partial charge in [-0.05, 0) is 68.5 Å². The number of halogens is 1. The quantitative estimate of drug-likeness (QED) is 0.932. The molecule has 22 heavy (non-hydrogen) atoms. The van der Waals surface area contributed by atoms with Gasteiger partial charge in [-0.1, -0.05) is 6.07 Å². The standard InChI is InChI=1S/C17H23FN2O2/c1-12-10-14(18)4-5-15(12)16-13(6-9-20(16)17(21)22)11-19-7-2-3-8-19/h4-5,10,13,16H,2-3,6-9,11H2,1H3,(H,21,22). The summed E-state index contributed by atoms with van der Waals surface area (Å²) < 4.78 is 13.4. The second-order valence-corrected chi connectivity index (χ2v) is 6.48. The van der Waals surface area contributed by atoms with Gasteiger partial charge in [0.2, 0.25) is 0 Å². The van der Waals surface area contributed by atoms with Gasteiger partial charge in [0.1, 0.15) is 5.82 Å². The second kappa shape index (κ2) is 6.24. The van der Waals surface area contributed by atoms with Crippen molar-refractivity contribution in [2.75, 3.05) is 26.2 Å². The molecule has 0 bridgehead atoms. The third-order valence-corrected chi connectivity index (χ3v) is 5.01. The molecule has 1 N–H and O–H groups in total. The zero-order valence-corrected chi connectivity index (χ0v) is 13.0. The molecule has 4 nitrogen and oxygen atoms in total. The maximum Gasteiger partial charge on any atom is 0.407 e. The third kappa shape index (κ3) is 2.95. The number of carbonyl (C=O) groups is 1. The monoisotopic (exact) mass is 306 g/mol. The summed E-state index contributed by atoms with van der Waals surface area (Å²) in [5.41, 5.74) is 1.79. The number of carboxylic acid groups (broad SMARTS) is 1. The summed E-state index contributed by atoms with van der Waals surface area (Å²) in [4.78, 5) is 15.5. The van der Waals surface area contributed by atoms with Crippen LogP contribution in [-0.2, 0) is 0 Å². The van der Waals surface area contributed by atoms with Gasteiger partial charge in [0.15, 0.2) is 0 Å². The van der Waals surface area contributed by atoms with E-state index in [1.165, 1.54) is 29.9 Å². The number of nitrogens with zero attached hydrogens (tertiary/aromatic N) is 2. The van der Waals surface area contributed by atoms with Crippen molar-refractivity contribution in [1.29, 1.82) is 0 Å². The Hall–Kier alpha value is -1.62. The Balaban J connectivity index is 1.87. The van der Waals surface area contributed by atoms with Gasteiger partial charge in [0.05, 0.1) is 6.04 Å². The van der Waals surface area contributed by atoms with Crippen LogP contribution in [0.4, 0.5) is 9.18 Å². The van der Waals surface area contributed by atoms with Crippen molar-refractivity contribution in [2.45, 2.75) is 32.2 Å². The Morgan fingerprint density at radius 3 is 2.68 bits per heavy atom. The van der Waals surface area contributed by atoms with Crippen LogP contribution in [0.1, 0.15) is 36.4 Å². The van der Waals surface area contributed by atoms with E-state index in [4.69, 9.17) is 0 Å². The Morgan fingerprint density at radius 1 is 1.32 bits per heavy atom. The summed E-state index contributed by atoms with van der Waals surface area (Å²) in [6.07, 6.45) is 2.47. The first kappa shape index (κ1) is 15.3. The van der Waals surface area contributed by atoms with Crippen LogP contribution in [0.3, 0.4) is 0 Å². The van der Waals surface area contributed by atoms with Crippen LogP contribution >= 0.6 is 0 Å². The molecule has 5 heteroatoms. The highest BCUT2D eigenvalue weighted by Gasteiger charge is 2.39. The molecular weight excluding hydrogens is 283 g/mol. The lowest BCUT2D eigenvalue weighted by Gasteiger charge is -2.30. The van der Waals surface area contributed by atoms with Crippen molar-refractivity contribution < 1.29 is 14.3 Å². The summed E-state index contributed by atoms with van der Waals surface area (Å²) in [6, 6.07) is 4.54. The Morgan fingerprint density at radius 2 is 2.05 bits per heavy atom. The maximum absolute atomic E-state index is 13.4. The lowest BCUT2D eigenvalue weighted by atomic mass is 9.90. The fraction of sp³-hybridized carbons (Fsp3) is 0.588. The van der Waals surface area contributed by atoms with Crippen molar-refractivity contribution in [2.24, 2.45) is 5.92 Å². The van der Waals surface area contributed by atoms with E-state index in [0.29, 0.717) is 12.5 Å². The first-order valence-corrected chi connectivity index (χ1v) is 8.04. The van der Waals surface area contributed by atoms with Crippen molar-refractivity contribution in [3.05, 3.63) is 35.1 Å². The smallest absolute Gasteiger partial charge is 0.407 e. The van der Waals surface area contributed by atoms with Crippen molar-refractivity contribution in [1.82, 2.24) is 9.80 Å². The Labute approximate surface area is 130 Å². The molecule has 2 unspecified atom stereocenters. The van der Waals surface area contributed by atoms with E-state index in [9.17, 15) is 14.3 Å². The molecule has 0 aromatic heterocycles. The summed E-state index contributed by atoms with van der Waals surface area (Å²) in [7, 11) is 0. The molecule has 2 aliphatic rings. The largest absolute Gasteiger partial charge is 0.465 e. The van der Waals surface area contributed by atoms with Crippen molar-refractivity contribution in [3.63, 3.8) is 0 Å². The minimum atomic E-state index is -0.877. The number of amides is 1. The predicted octanol–water partition coefficient (Wildman–Crippen LogP) is 3.27. The first-order valence-electron chi connectivity index (χ1n) is 8.04. The zero-order valence-electron chi connectivity index (χ0n) is 13.0. The minimum Gasteiger partial charge on any atom is -0.465 e. The molecule has 2 fully saturated rings. The van der Waals surface area contributed by atoms with Crippen LogP contribution in [0.2, 0.25) is 0 Å². The van der Waals surface area contributed by atoms with Crippen molar-refractivity contribution in [3.8, 4) is 0 Å². The minimum absolute atomic E-state index is 0.154. The van der Waals surface area contributed by atoms with Gasteiger partial charge in [-0.3, -0.25) is 0 Å². The topological polar surface area (TPSA) is 43.8 Å². The molecule has 0 radical (unpaired) electrons. The summed E-state index contributed by atoms with van der Waals surface area (Å²) >= 11 is 0. The van der Waals surface area contributed by atoms with Gasteiger partial charge < -0.3 is 14.9 Å². The number of aryl methyl sites for hydroxylation is 1. The van der Waals surface area contributed by atoms with E-state index < -0.39 is 6.09 Å². The van der Waals surface area contributed by atoms with Gasteiger partial charge >= 0.3 is 6.09 Å². The van der Waals surface area contributed by atoms with Gasteiger partial charge in [0.25, 0.3) is 0 Å². The maximum atomic E-state index is 13.4. The number of rotatable bonds is 3. The molecule has 0 spiro atoms. The Bertz CT molecular complexity index is 558. The molecule has 1 aromatic carbocycles. The fourth-order valence-electron chi connectivity index (χ4n) is 3.95. The van der Waals surface area contributed by atoms with Crippen LogP contribution in [-0.4, -0.2) is 47.2 Å². The predicted molar refractivity (Wildman–Crippen MR) is 82.4 cm³/mol. The summed E-state index contributed by atoms with van der Waals surface area (Å²) in [5.74, 6) is 0.0237. The molecule has 2 heterocycles. The number of hydrogen-bond donors (Lipinski definition) is 1. The summed E-state index contributed by atoms with van der Waals surface area (Å²) in [6.45, 7) is 5.58. The van der Waals surface area contributed by atoms with Gasteiger partial charge in [-0.2, -0.15) is 0 Å². The molecule has 2 aliphatic heterocycles. The van der Waals surface area contributed by atoms with Crippen LogP contribution in [0.5, 0.6) is 0 Å². The molecule has 2 saturated heterocycles. The van der Waals surface area contributed by atoms with Gasteiger partial charge in [-0.25, -0.2) is 9.18 Å². The molecule has 0 aliphatic carbocycles. The number of hydrogen-bond acceptors (Lipinski definition) is 2. The lowest BCUT2D eigenvalue weighted by Crippen LogP contribution is -2.34. The molecule has 1 amide bonds. The lowest BCUT2D eigenvalue weighted by molar-refractivity contribution is 0.130. The molecule has 120 valence electrons. The van der Waals surface area contributed by atoms with E-state index in [2.05, 4.69) is 4.90 Å². The van der Waals surface area contributed by atoms with Crippen LogP contribution in [0.15, 0.2) is 18.2 Å². The molecule has 2 atom stereocenters. The highest BCUT2D eigenvalue weighted by Crippen LogP contribution is 2.39. The Kier molecular flexibility index (Phi) is 4.34. The van der Waals surface area contributed by atoms with Gasteiger partial charge in [0, 0.05) is 13.1 Å². The first-order chi connectivity index (χ1) is 10.6. The van der Waals surface area contributed by atoms with Crippen molar-refractivity contribution >= 4 is 6.09 Å². The molecule has 0 saturated carbocycles. The van der Waals surface area contributed by atoms with E-state index in [0.717, 1.165) is 37.2 Å². The average molecular weight is 306 g/mol. The number of benzene rings is 1. The van der Waals surface area contributed by atoms with Crippen LogP contribution in [0.25, 0.3) is 0 Å². The molecule has 3 rings (SSSR count). The molecular formula is C17H23FN2O2. The van der Waals surface area contributed by atoms with E-state index in [-0.39, 0.29) is 11.9 Å². The second-order valence-electron chi connectivity index (χ2n) is 6.48. The van der Waals surface area contributed by atoms with E-state index >= 15 is 0 Å². The third-order valence-electron chi connectivity index (χ3n) is 5.01. The van der Waals surface area contributed by atoms with E-state index in [1.54, 1.807) is 6.07 Å². The highest BCUT2D eigenvalue weighted by atomic mass is 19.1. The normalized spacial score (nSPS) is 25.8. The average Bonchev–Trinajstić information content (AvgIpc) is 3.09. The fourth-order valence-corrected chi connectivity index (χ4v) is 3.95. The zero-order chi connectivity index (χ0) is 15.7.